The summed E-state index contributed by atoms with van der Waals surface area (Å²) in [6, 6.07) is 6.05. The Morgan fingerprint density at radius 3 is 2.50 bits per heavy atom. The van der Waals surface area contributed by atoms with Gasteiger partial charge in [-0.05, 0) is 37.0 Å². The fraction of sp³-hybridized carbons (Fsp3) is 0.519. The van der Waals surface area contributed by atoms with E-state index in [1.165, 1.54) is 6.21 Å². The maximum Gasteiger partial charge on any atom is 0.267 e. The Hall–Kier alpha value is -3.33. The van der Waals surface area contributed by atoms with E-state index in [2.05, 4.69) is 57.2 Å². The minimum Gasteiger partial charge on any atom is -0.368 e. The van der Waals surface area contributed by atoms with Gasteiger partial charge >= 0.3 is 0 Å². The van der Waals surface area contributed by atoms with E-state index >= 15 is 0 Å². The number of pyridine rings is 1. The third kappa shape index (κ3) is 5.90. The normalized spacial score (nSPS) is 16.8. The van der Waals surface area contributed by atoms with E-state index in [0.717, 1.165) is 64.1 Å². The zero-order valence-corrected chi connectivity index (χ0v) is 21.8. The predicted octanol–water partition coefficient (Wildman–Crippen LogP) is 4.13. The average Bonchev–Trinajstić information content (AvgIpc) is 3.52. The van der Waals surface area contributed by atoms with Gasteiger partial charge in [0.05, 0.1) is 11.9 Å². The molecule has 1 aliphatic carbocycles. The monoisotopic (exact) mass is 492 g/mol. The second-order valence-corrected chi connectivity index (χ2v) is 10.2. The third-order valence-electron chi connectivity index (χ3n) is 7.03. The van der Waals surface area contributed by atoms with Gasteiger partial charge in [-0.25, -0.2) is 4.98 Å². The molecule has 0 bridgehead atoms. The summed E-state index contributed by atoms with van der Waals surface area (Å²) in [5, 5.41) is 17.2. The molecule has 2 aliphatic rings. The van der Waals surface area contributed by atoms with Gasteiger partial charge < -0.3 is 30.8 Å². The van der Waals surface area contributed by atoms with Crippen molar-refractivity contribution in [2.24, 2.45) is 5.92 Å². The lowest BCUT2D eigenvalue weighted by Crippen LogP contribution is -2.47. The molecule has 3 heterocycles. The minimum absolute atomic E-state index is 0.154. The van der Waals surface area contributed by atoms with E-state index in [4.69, 9.17) is 5.41 Å². The van der Waals surface area contributed by atoms with Crippen LogP contribution in [0.25, 0.3) is 0 Å². The van der Waals surface area contributed by atoms with E-state index in [0.29, 0.717) is 34.6 Å². The van der Waals surface area contributed by atoms with E-state index < -0.39 is 0 Å². The highest BCUT2D eigenvalue weighted by molar-refractivity contribution is 5.98. The Bertz CT molecular complexity index is 1060. The Kier molecular flexibility index (Phi) is 8.30. The quantitative estimate of drug-likeness (QED) is 0.372. The molecule has 1 saturated carbocycles. The van der Waals surface area contributed by atoms with Gasteiger partial charge in [-0.1, -0.05) is 33.3 Å². The van der Waals surface area contributed by atoms with Gasteiger partial charge in [0.15, 0.2) is 0 Å². The topological polar surface area (TPSA) is 101 Å². The number of hydrogen-bond donors (Lipinski definition) is 4. The number of rotatable bonds is 10. The summed E-state index contributed by atoms with van der Waals surface area (Å²) < 4.78 is 2.04. The lowest BCUT2D eigenvalue weighted by atomic mass is 10.2. The van der Waals surface area contributed by atoms with Gasteiger partial charge in [0.2, 0.25) is 0 Å². The van der Waals surface area contributed by atoms with Crippen LogP contribution in [0.15, 0.2) is 36.8 Å². The smallest absolute Gasteiger partial charge is 0.267 e. The molecule has 2 aromatic rings. The lowest BCUT2D eigenvalue weighted by molar-refractivity contribution is 0.0952. The summed E-state index contributed by atoms with van der Waals surface area (Å²) in [5.41, 5.74) is 2.34. The molecule has 9 nitrogen and oxygen atoms in total. The van der Waals surface area contributed by atoms with E-state index in [1.54, 1.807) is 13.1 Å². The van der Waals surface area contributed by atoms with E-state index in [1.807, 2.05) is 16.8 Å². The minimum atomic E-state index is -0.154. The van der Waals surface area contributed by atoms with Gasteiger partial charge in [-0.15, -0.1) is 0 Å². The first-order valence-corrected chi connectivity index (χ1v) is 13.0. The zero-order valence-electron chi connectivity index (χ0n) is 21.8. The number of carbonyl (C=O) groups is 1. The summed E-state index contributed by atoms with van der Waals surface area (Å²) in [5.74, 6) is 2.48. The number of nitrogens with zero attached hydrogens (tertiary/aromatic N) is 4. The van der Waals surface area contributed by atoms with Crippen LogP contribution in [-0.2, 0) is 0 Å². The Morgan fingerprint density at radius 1 is 1.19 bits per heavy atom. The summed E-state index contributed by atoms with van der Waals surface area (Å²) >= 11 is 0. The van der Waals surface area contributed by atoms with E-state index in [9.17, 15) is 4.79 Å². The van der Waals surface area contributed by atoms with Crippen molar-refractivity contribution in [3.63, 3.8) is 0 Å². The Labute approximate surface area is 214 Å². The molecule has 36 heavy (non-hydrogen) atoms. The first-order chi connectivity index (χ1) is 17.4. The van der Waals surface area contributed by atoms with Crippen LogP contribution in [0.3, 0.4) is 0 Å². The molecule has 194 valence electrons. The highest BCUT2D eigenvalue weighted by atomic mass is 16.1. The molecule has 0 aromatic carbocycles. The molecule has 0 unspecified atom stereocenters. The van der Waals surface area contributed by atoms with Crippen molar-refractivity contribution in [1.82, 2.24) is 19.8 Å². The summed E-state index contributed by atoms with van der Waals surface area (Å²) in [7, 11) is 1.63. The second kappa shape index (κ2) is 11.6. The number of hydrogen-bond acceptors (Lipinski definition) is 7. The van der Waals surface area contributed by atoms with Crippen LogP contribution in [-0.4, -0.2) is 66.3 Å². The van der Waals surface area contributed by atoms with Gasteiger partial charge in [0, 0.05) is 57.6 Å². The summed E-state index contributed by atoms with van der Waals surface area (Å²) in [6.07, 6.45) is 7.48. The van der Waals surface area contributed by atoms with Crippen LogP contribution >= 0.6 is 0 Å². The van der Waals surface area contributed by atoms with Gasteiger partial charge in [0.1, 0.15) is 23.2 Å². The van der Waals surface area contributed by atoms with Crippen LogP contribution in [0.1, 0.15) is 61.6 Å². The lowest BCUT2D eigenvalue weighted by Gasteiger charge is -2.36. The highest BCUT2D eigenvalue weighted by Gasteiger charge is 2.27. The fourth-order valence-corrected chi connectivity index (χ4v) is 5.31. The number of nitrogens with one attached hydrogen (secondary N) is 4. The van der Waals surface area contributed by atoms with Crippen LogP contribution in [0.2, 0.25) is 0 Å². The highest BCUT2D eigenvalue weighted by Crippen LogP contribution is 2.36. The molecule has 9 heteroatoms. The van der Waals surface area contributed by atoms with Crippen molar-refractivity contribution in [2.75, 3.05) is 55.3 Å². The molecule has 0 radical (unpaired) electrons. The van der Waals surface area contributed by atoms with Crippen molar-refractivity contribution < 1.29 is 4.79 Å². The Balaban J connectivity index is 1.42. The summed E-state index contributed by atoms with van der Waals surface area (Å²) in [4.78, 5) is 22.1. The molecular formula is C27H40N8O. The SMILES string of the molecule is C=C(Nc1ccc(N2CCN(CC(C)C)CC2)cn1)Nc1c(C=N)cc(C(=O)NC)n1C1CCCC1. The molecule has 1 amide bonds. The van der Waals surface area contributed by atoms with Crippen LogP contribution < -0.4 is 20.9 Å². The maximum absolute atomic E-state index is 12.6. The Morgan fingerprint density at radius 2 is 1.92 bits per heavy atom. The molecular weight excluding hydrogens is 452 g/mol. The fourth-order valence-electron chi connectivity index (χ4n) is 5.31. The number of aromatic nitrogens is 2. The van der Waals surface area contributed by atoms with Gasteiger partial charge in [-0.3, -0.25) is 9.69 Å². The third-order valence-corrected chi connectivity index (χ3v) is 7.03. The van der Waals surface area contributed by atoms with Crippen LogP contribution in [0.4, 0.5) is 17.3 Å². The maximum atomic E-state index is 12.6. The molecule has 4 rings (SSSR count). The van der Waals surface area contributed by atoms with E-state index in [-0.39, 0.29) is 11.9 Å². The number of piperazine rings is 1. The van der Waals surface area contributed by atoms with Gasteiger partial charge in [0.25, 0.3) is 5.91 Å². The molecule has 4 N–H and O–H groups in total. The molecule has 2 aromatic heterocycles. The van der Waals surface area contributed by atoms with Crippen molar-refractivity contribution in [1.29, 1.82) is 5.41 Å². The first-order valence-electron chi connectivity index (χ1n) is 13.0. The van der Waals surface area contributed by atoms with Crippen LogP contribution in [0.5, 0.6) is 0 Å². The van der Waals surface area contributed by atoms with Crippen LogP contribution in [0, 0.1) is 11.3 Å². The van der Waals surface area contributed by atoms with Gasteiger partial charge in [-0.2, -0.15) is 0 Å². The molecule has 1 aliphatic heterocycles. The molecule has 0 atom stereocenters. The number of amides is 1. The van der Waals surface area contributed by atoms with Crippen molar-refractivity contribution >= 4 is 29.4 Å². The van der Waals surface area contributed by atoms with Crippen molar-refractivity contribution in [2.45, 2.75) is 45.6 Å². The molecule has 2 fully saturated rings. The zero-order chi connectivity index (χ0) is 25.7. The standard InChI is InChI=1S/C27H40N8O/c1-19(2)18-33-11-13-34(14-12-33)23-9-10-25(30-17-23)31-20(3)32-26-21(16-28)15-24(27(36)29-4)35(26)22-7-5-6-8-22/h9-10,15-17,19,22,28,32H,3,5-8,11-14,18H2,1-2,4H3,(H,29,36)(H,30,31). The van der Waals surface area contributed by atoms with Crippen molar-refractivity contribution in [3.05, 3.63) is 48.1 Å². The first kappa shape index (κ1) is 25.8. The number of carbonyl (C=O) groups excluding carboxylic acids is 1. The second-order valence-electron chi connectivity index (χ2n) is 10.2. The summed E-state index contributed by atoms with van der Waals surface area (Å²) in [6.45, 7) is 14.0. The largest absolute Gasteiger partial charge is 0.368 e. The molecule has 1 saturated heterocycles. The molecule has 0 spiro atoms. The number of anilines is 3. The predicted molar refractivity (Wildman–Crippen MR) is 147 cm³/mol. The average molecular weight is 493 g/mol. The van der Waals surface area contributed by atoms with Crippen molar-refractivity contribution in [3.8, 4) is 0 Å².